The molecule has 0 spiro atoms. The molecular weight excluding hydrogens is 272 g/mol. The molecule has 20 heavy (non-hydrogen) atoms. The molecule has 0 aliphatic carbocycles. The van der Waals surface area contributed by atoms with E-state index in [0.29, 0.717) is 11.6 Å². The van der Waals surface area contributed by atoms with Crippen LogP contribution in [0.4, 0.5) is 5.69 Å². The first kappa shape index (κ1) is 14.8. The van der Waals surface area contributed by atoms with Crippen molar-refractivity contribution in [1.82, 2.24) is 4.98 Å². The molecule has 0 saturated carbocycles. The van der Waals surface area contributed by atoms with Crippen molar-refractivity contribution >= 4 is 17.3 Å². The molecule has 0 unspecified atom stereocenters. The topological polar surface area (TPSA) is 36.4 Å². The lowest BCUT2D eigenvalue weighted by molar-refractivity contribution is 0.199. The Morgan fingerprint density at radius 3 is 2.65 bits per heavy atom. The minimum Gasteiger partial charge on any atom is -0.389 e. The van der Waals surface area contributed by atoms with E-state index < -0.39 is 6.10 Å². The van der Waals surface area contributed by atoms with Crippen LogP contribution in [0.15, 0.2) is 42.6 Å². The normalized spacial score (nSPS) is 12.2. The van der Waals surface area contributed by atoms with Crippen LogP contribution in [-0.4, -0.2) is 16.6 Å². The molecule has 1 atom stereocenters. The molecule has 0 saturated heterocycles. The SMILES string of the molecule is CCN(Cc1ccccn1)c1ccc([C@H](C)O)cc1Cl. The highest BCUT2D eigenvalue weighted by atomic mass is 35.5. The standard InChI is InChI=1S/C16H19ClN2O/c1-3-19(11-14-6-4-5-9-18-14)16-8-7-13(12(2)20)10-15(16)17/h4-10,12,20H,3,11H2,1-2H3/t12-/m0/s1. The first-order valence-electron chi connectivity index (χ1n) is 6.74. The predicted octanol–water partition coefficient (Wildman–Crippen LogP) is 3.81. The average molecular weight is 291 g/mol. The number of rotatable bonds is 5. The number of anilines is 1. The van der Waals surface area contributed by atoms with E-state index in [9.17, 15) is 5.11 Å². The van der Waals surface area contributed by atoms with Crippen LogP contribution in [0.1, 0.15) is 31.2 Å². The number of aliphatic hydroxyl groups is 1. The van der Waals surface area contributed by atoms with Crippen LogP contribution in [0.2, 0.25) is 5.02 Å². The van der Waals surface area contributed by atoms with Gasteiger partial charge in [0, 0.05) is 12.7 Å². The van der Waals surface area contributed by atoms with Crippen molar-refractivity contribution < 1.29 is 5.11 Å². The van der Waals surface area contributed by atoms with Gasteiger partial charge in [-0.25, -0.2) is 0 Å². The number of hydrogen-bond acceptors (Lipinski definition) is 3. The second-order valence-corrected chi connectivity index (χ2v) is 5.13. The number of hydrogen-bond donors (Lipinski definition) is 1. The zero-order valence-electron chi connectivity index (χ0n) is 11.8. The van der Waals surface area contributed by atoms with Crippen LogP contribution in [0.3, 0.4) is 0 Å². The zero-order valence-corrected chi connectivity index (χ0v) is 12.5. The van der Waals surface area contributed by atoms with Gasteiger partial charge in [0.1, 0.15) is 0 Å². The van der Waals surface area contributed by atoms with Gasteiger partial charge in [-0.2, -0.15) is 0 Å². The molecule has 1 aromatic heterocycles. The van der Waals surface area contributed by atoms with Gasteiger partial charge in [-0.1, -0.05) is 23.7 Å². The Labute approximate surface area is 124 Å². The fraction of sp³-hybridized carbons (Fsp3) is 0.312. The van der Waals surface area contributed by atoms with Gasteiger partial charge in [-0.05, 0) is 43.7 Å². The monoisotopic (exact) mass is 290 g/mol. The van der Waals surface area contributed by atoms with Gasteiger partial charge in [0.15, 0.2) is 0 Å². The van der Waals surface area contributed by atoms with Crippen LogP contribution >= 0.6 is 11.6 Å². The van der Waals surface area contributed by atoms with E-state index in [2.05, 4.69) is 16.8 Å². The van der Waals surface area contributed by atoms with Crippen LogP contribution in [0, 0.1) is 0 Å². The van der Waals surface area contributed by atoms with Crippen LogP contribution in [-0.2, 0) is 6.54 Å². The van der Waals surface area contributed by atoms with E-state index in [4.69, 9.17) is 11.6 Å². The maximum Gasteiger partial charge on any atom is 0.0762 e. The molecule has 0 aliphatic rings. The van der Waals surface area contributed by atoms with Crippen LogP contribution < -0.4 is 4.90 Å². The molecule has 1 aromatic carbocycles. The largest absolute Gasteiger partial charge is 0.389 e. The summed E-state index contributed by atoms with van der Waals surface area (Å²) in [6.07, 6.45) is 1.29. The summed E-state index contributed by atoms with van der Waals surface area (Å²) >= 11 is 6.34. The smallest absolute Gasteiger partial charge is 0.0762 e. The van der Waals surface area contributed by atoms with E-state index >= 15 is 0 Å². The lowest BCUT2D eigenvalue weighted by Crippen LogP contribution is -2.23. The molecule has 3 nitrogen and oxygen atoms in total. The van der Waals surface area contributed by atoms with Crippen molar-refractivity contribution in [2.75, 3.05) is 11.4 Å². The van der Waals surface area contributed by atoms with Gasteiger partial charge in [0.2, 0.25) is 0 Å². The van der Waals surface area contributed by atoms with Crippen molar-refractivity contribution in [3.05, 3.63) is 58.9 Å². The number of halogens is 1. The first-order chi connectivity index (χ1) is 9.61. The summed E-state index contributed by atoms with van der Waals surface area (Å²) in [5, 5.41) is 10.2. The lowest BCUT2D eigenvalue weighted by Gasteiger charge is -2.24. The molecule has 4 heteroatoms. The van der Waals surface area contributed by atoms with Crippen molar-refractivity contribution in [2.24, 2.45) is 0 Å². The predicted molar refractivity (Wildman–Crippen MR) is 83.0 cm³/mol. The number of nitrogens with zero attached hydrogens (tertiary/aromatic N) is 2. The van der Waals surface area contributed by atoms with Gasteiger partial charge >= 0.3 is 0 Å². The van der Waals surface area contributed by atoms with E-state index in [-0.39, 0.29) is 0 Å². The van der Waals surface area contributed by atoms with Crippen molar-refractivity contribution in [1.29, 1.82) is 0 Å². The first-order valence-corrected chi connectivity index (χ1v) is 7.12. The summed E-state index contributed by atoms with van der Waals surface area (Å²) in [5.41, 5.74) is 2.79. The molecular formula is C16H19ClN2O. The molecule has 0 fully saturated rings. The number of aliphatic hydroxyl groups excluding tert-OH is 1. The average Bonchev–Trinajstić information content (AvgIpc) is 2.46. The third-order valence-corrected chi connectivity index (χ3v) is 3.56. The van der Waals surface area contributed by atoms with E-state index in [1.807, 2.05) is 36.4 Å². The summed E-state index contributed by atoms with van der Waals surface area (Å²) in [7, 11) is 0. The molecule has 106 valence electrons. The summed E-state index contributed by atoms with van der Waals surface area (Å²) in [5.74, 6) is 0. The fourth-order valence-corrected chi connectivity index (χ4v) is 2.40. The second kappa shape index (κ2) is 6.73. The summed E-state index contributed by atoms with van der Waals surface area (Å²) < 4.78 is 0. The summed E-state index contributed by atoms with van der Waals surface area (Å²) in [6.45, 7) is 5.37. The number of aromatic nitrogens is 1. The Morgan fingerprint density at radius 2 is 2.10 bits per heavy atom. The number of pyridine rings is 1. The highest BCUT2D eigenvalue weighted by Crippen LogP contribution is 2.29. The maximum atomic E-state index is 9.59. The third kappa shape index (κ3) is 3.50. The minimum absolute atomic E-state index is 0.507. The van der Waals surface area contributed by atoms with Crippen molar-refractivity contribution in [2.45, 2.75) is 26.5 Å². The maximum absolute atomic E-state index is 9.59. The molecule has 0 radical (unpaired) electrons. The molecule has 2 rings (SSSR count). The lowest BCUT2D eigenvalue weighted by atomic mass is 10.1. The van der Waals surface area contributed by atoms with Crippen LogP contribution in [0.5, 0.6) is 0 Å². The Bertz CT molecular complexity index is 558. The summed E-state index contributed by atoms with van der Waals surface area (Å²) in [4.78, 5) is 6.51. The second-order valence-electron chi connectivity index (χ2n) is 4.72. The van der Waals surface area contributed by atoms with Gasteiger partial charge in [0.25, 0.3) is 0 Å². The highest BCUT2D eigenvalue weighted by Gasteiger charge is 2.12. The molecule has 2 aromatic rings. The van der Waals surface area contributed by atoms with E-state index in [1.54, 1.807) is 13.1 Å². The van der Waals surface area contributed by atoms with Crippen molar-refractivity contribution in [3.8, 4) is 0 Å². The molecule has 0 amide bonds. The Hall–Kier alpha value is -1.58. The zero-order chi connectivity index (χ0) is 14.5. The molecule has 0 bridgehead atoms. The molecule has 1 N–H and O–H groups in total. The quantitative estimate of drug-likeness (QED) is 0.909. The highest BCUT2D eigenvalue weighted by molar-refractivity contribution is 6.33. The number of benzene rings is 1. The molecule has 1 heterocycles. The Morgan fingerprint density at radius 1 is 1.30 bits per heavy atom. The van der Waals surface area contributed by atoms with Crippen molar-refractivity contribution in [3.63, 3.8) is 0 Å². The fourth-order valence-electron chi connectivity index (χ4n) is 2.09. The Kier molecular flexibility index (Phi) is 4.99. The Balaban J connectivity index is 2.23. The van der Waals surface area contributed by atoms with E-state index in [1.165, 1.54) is 0 Å². The van der Waals surface area contributed by atoms with Crippen LogP contribution in [0.25, 0.3) is 0 Å². The summed E-state index contributed by atoms with van der Waals surface area (Å²) in [6, 6.07) is 11.6. The van der Waals surface area contributed by atoms with E-state index in [0.717, 1.165) is 23.5 Å². The molecule has 0 aliphatic heterocycles. The van der Waals surface area contributed by atoms with Gasteiger partial charge < -0.3 is 10.0 Å². The van der Waals surface area contributed by atoms with Gasteiger partial charge in [-0.15, -0.1) is 0 Å². The third-order valence-electron chi connectivity index (χ3n) is 3.26. The minimum atomic E-state index is -0.507. The van der Waals surface area contributed by atoms with Gasteiger partial charge in [-0.3, -0.25) is 4.98 Å². The van der Waals surface area contributed by atoms with Gasteiger partial charge in [0.05, 0.1) is 29.1 Å².